The fourth-order valence-electron chi connectivity index (χ4n) is 1.96. The molecule has 0 amide bonds. The maximum Gasteiger partial charge on any atom is 0.269 e. The van der Waals surface area contributed by atoms with Crippen LogP contribution in [0.25, 0.3) is 0 Å². The van der Waals surface area contributed by atoms with E-state index in [4.69, 9.17) is 0 Å². The van der Waals surface area contributed by atoms with Crippen LogP contribution >= 0.6 is 11.3 Å². The van der Waals surface area contributed by atoms with Crippen LogP contribution in [0.4, 0.5) is 11.4 Å². The van der Waals surface area contributed by atoms with Crippen molar-refractivity contribution in [2.24, 2.45) is 0 Å². The number of Topliss-reactive ketones (excluding diaryl/α,β-unsaturated/α-hetero) is 1. The topological polar surface area (TPSA) is 79.4 Å². The minimum atomic E-state index is -3.83. The van der Waals surface area contributed by atoms with Gasteiger partial charge >= 0.3 is 0 Å². The Hall–Kier alpha value is -2.19. The molecule has 3 heterocycles. The molecule has 2 aromatic heterocycles. The van der Waals surface area contributed by atoms with Gasteiger partial charge in [0.15, 0.2) is 4.91 Å². The Bertz CT molecular complexity index is 825. The third kappa shape index (κ3) is 2.22. The summed E-state index contributed by atoms with van der Waals surface area (Å²) in [7, 11) is -2.39. The van der Waals surface area contributed by atoms with Crippen molar-refractivity contribution in [2.45, 2.75) is 0 Å². The molecule has 0 atom stereocenters. The molecule has 1 aliphatic heterocycles. The fourth-order valence-corrected chi connectivity index (χ4v) is 4.21. The van der Waals surface area contributed by atoms with Crippen molar-refractivity contribution in [1.82, 2.24) is 4.98 Å². The van der Waals surface area contributed by atoms with E-state index in [0.717, 1.165) is 4.31 Å². The zero-order chi connectivity index (χ0) is 15.0. The van der Waals surface area contributed by atoms with Crippen molar-refractivity contribution >= 4 is 38.5 Å². The summed E-state index contributed by atoms with van der Waals surface area (Å²) >= 11 is 1.23. The highest BCUT2D eigenvalue weighted by Crippen LogP contribution is 2.37. The zero-order valence-corrected chi connectivity index (χ0v) is 12.6. The largest absolute Gasteiger partial charge is 0.360 e. The molecule has 0 aromatic carbocycles. The van der Waals surface area contributed by atoms with E-state index < -0.39 is 15.8 Å². The molecular formula is C13H11N3O3S2. The van der Waals surface area contributed by atoms with Gasteiger partial charge in [0.1, 0.15) is 4.88 Å². The molecule has 0 fully saturated rings. The maximum atomic E-state index is 12.4. The quantitative estimate of drug-likeness (QED) is 0.857. The van der Waals surface area contributed by atoms with Crippen LogP contribution < -0.4 is 9.62 Å². The summed E-state index contributed by atoms with van der Waals surface area (Å²) in [6, 6.07) is 4.98. The number of anilines is 2. The summed E-state index contributed by atoms with van der Waals surface area (Å²) in [5.74, 6) is -0.486. The molecule has 0 saturated heterocycles. The number of nitrogens with zero attached hydrogens (tertiary/aromatic N) is 2. The van der Waals surface area contributed by atoms with Gasteiger partial charge in [0.25, 0.3) is 10.0 Å². The van der Waals surface area contributed by atoms with E-state index in [1.165, 1.54) is 24.6 Å². The number of pyridine rings is 1. The highest BCUT2D eigenvalue weighted by molar-refractivity contribution is 7.97. The van der Waals surface area contributed by atoms with Gasteiger partial charge in [0.2, 0.25) is 5.78 Å². The molecule has 6 nitrogen and oxygen atoms in total. The van der Waals surface area contributed by atoms with E-state index in [-0.39, 0.29) is 4.91 Å². The van der Waals surface area contributed by atoms with Gasteiger partial charge in [-0.2, -0.15) is 0 Å². The van der Waals surface area contributed by atoms with E-state index in [9.17, 15) is 13.2 Å². The number of allylic oxidation sites excluding steroid dienone is 1. The lowest BCUT2D eigenvalue weighted by Crippen LogP contribution is -2.35. The smallest absolute Gasteiger partial charge is 0.269 e. The van der Waals surface area contributed by atoms with Crippen molar-refractivity contribution in [1.29, 1.82) is 0 Å². The molecule has 1 N–H and O–H groups in total. The molecule has 108 valence electrons. The van der Waals surface area contributed by atoms with Crippen LogP contribution in [-0.4, -0.2) is 26.2 Å². The van der Waals surface area contributed by atoms with Gasteiger partial charge in [-0.1, -0.05) is 0 Å². The van der Waals surface area contributed by atoms with Crippen molar-refractivity contribution in [3.63, 3.8) is 0 Å². The Balaban J connectivity index is 2.04. The number of carbonyl (C=O) groups is 1. The van der Waals surface area contributed by atoms with Gasteiger partial charge in [-0.3, -0.25) is 14.1 Å². The first-order valence-electron chi connectivity index (χ1n) is 5.99. The molecule has 0 radical (unpaired) electrons. The minimum absolute atomic E-state index is 0.267. The Morgan fingerprint density at radius 1 is 1.29 bits per heavy atom. The first kappa shape index (κ1) is 13.8. The van der Waals surface area contributed by atoms with Crippen LogP contribution in [-0.2, 0) is 10.0 Å². The number of fused-ring (bicyclic) bond motifs is 1. The summed E-state index contributed by atoms with van der Waals surface area (Å²) in [5.41, 5.74) is 1.08. The molecule has 3 rings (SSSR count). The van der Waals surface area contributed by atoms with Crippen LogP contribution in [0.2, 0.25) is 0 Å². The van der Waals surface area contributed by atoms with Crippen molar-refractivity contribution in [3.05, 3.63) is 52.0 Å². The molecule has 2 aromatic rings. The first-order chi connectivity index (χ1) is 10.0. The standard InChI is InChI=1S/C13H11N3O3S2/c1-16-10-4-7-20-13(10)12(17)11(21(16,18)19)8-15-9-2-5-14-6-3-9/h2-8H,1H3,(H,14,15). The van der Waals surface area contributed by atoms with Crippen LogP contribution in [0.3, 0.4) is 0 Å². The van der Waals surface area contributed by atoms with E-state index in [0.29, 0.717) is 16.3 Å². The second-order valence-electron chi connectivity index (χ2n) is 4.33. The highest BCUT2D eigenvalue weighted by Gasteiger charge is 2.39. The van der Waals surface area contributed by atoms with Crippen LogP contribution in [0.5, 0.6) is 0 Å². The number of thiophene rings is 1. The number of hydrogen-bond donors (Lipinski definition) is 1. The van der Waals surface area contributed by atoms with Crippen LogP contribution in [0.15, 0.2) is 47.1 Å². The summed E-state index contributed by atoms with van der Waals surface area (Å²) in [4.78, 5) is 16.4. The Morgan fingerprint density at radius 2 is 2.00 bits per heavy atom. The van der Waals surface area contributed by atoms with Gasteiger partial charge in [-0.15, -0.1) is 11.3 Å². The fraction of sp³-hybridized carbons (Fsp3) is 0.0769. The SMILES string of the molecule is CN1c2ccsc2C(=O)C(=CNc2ccncc2)S1(=O)=O. The molecule has 21 heavy (non-hydrogen) atoms. The number of nitrogens with one attached hydrogen (secondary N) is 1. The molecular weight excluding hydrogens is 310 g/mol. The number of aromatic nitrogens is 1. The summed E-state index contributed by atoms with van der Waals surface area (Å²) in [5, 5.41) is 4.52. The summed E-state index contributed by atoms with van der Waals surface area (Å²) < 4.78 is 25.9. The van der Waals surface area contributed by atoms with Gasteiger partial charge in [0, 0.05) is 31.3 Å². The van der Waals surface area contributed by atoms with E-state index >= 15 is 0 Å². The average Bonchev–Trinajstić information content (AvgIpc) is 2.95. The monoisotopic (exact) mass is 321 g/mol. The predicted molar refractivity (Wildman–Crippen MR) is 81.9 cm³/mol. The average molecular weight is 321 g/mol. The van der Waals surface area contributed by atoms with E-state index in [2.05, 4.69) is 10.3 Å². The van der Waals surface area contributed by atoms with Crippen molar-refractivity contribution in [3.8, 4) is 0 Å². The molecule has 8 heteroatoms. The maximum absolute atomic E-state index is 12.4. The second kappa shape index (κ2) is 4.97. The number of rotatable bonds is 2. The lowest BCUT2D eigenvalue weighted by atomic mass is 10.2. The molecule has 0 unspecified atom stereocenters. The van der Waals surface area contributed by atoms with Gasteiger partial charge in [0.05, 0.1) is 5.69 Å². The Labute approximate surface area is 125 Å². The zero-order valence-electron chi connectivity index (χ0n) is 11.0. The molecule has 0 saturated carbocycles. The van der Waals surface area contributed by atoms with E-state index in [1.54, 1.807) is 36.0 Å². The number of hydrogen-bond acceptors (Lipinski definition) is 6. The predicted octanol–water partition coefficient (Wildman–Crippen LogP) is 2.06. The van der Waals surface area contributed by atoms with Gasteiger partial charge in [-0.05, 0) is 23.6 Å². The van der Waals surface area contributed by atoms with E-state index in [1.807, 2.05) is 0 Å². The normalized spacial score (nSPS) is 18.6. The lowest BCUT2D eigenvalue weighted by molar-refractivity contribution is 0.104. The molecule has 0 bridgehead atoms. The van der Waals surface area contributed by atoms with Crippen LogP contribution in [0.1, 0.15) is 9.67 Å². The third-order valence-electron chi connectivity index (χ3n) is 3.10. The summed E-state index contributed by atoms with van der Waals surface area (Å²) in [6.07, 6.45) is 4.37. The van der Waals surface area contributed by atoms with Crippen molar-refractivity contribution < 1.29 is 13.2 Å². The van der Waals surface area contributed by atoms with Gasteiger partial charge in [-0.25, -0.2) is 8.42 Å². The second-order valence-corrected chi connectivity index (χ2v) is 7.18. The highest BCUT2D eigenvalue weighted by atomic mass is 32.2. The summed E-state index contributed by atoms with van der Waals surface area (Å²) in [6.45, 7) is 0. The lowest BCUT2D eigenvalue weighted by Gasteiger charge is -2.25. The Kier molecular flexibility index (Phi) is 3.26. The number of ketones is 1. The molecule has 0 spiro atoms. The number of carbonyl (C=O) groups excluding carboxylic acids is 1. The van der Waals surface area contributed by atoms with Crippen LogP contribution in [0, 0.1) is 0 Å². The molecule has 1 aliphatic rings. The van der Waals surface area contributed by atoms with Crippen molar-refractivity contribution in [2.75, 3.05) is 16.7 Å². The molecule has 0 aliphatic carbocycles. The third-order valence-corrected chi connectivity index (χ3v) is 5.78. The van der Waals surface area contributed by atoms with Gasteiger partial charge < -0.3 is 5.32 Å². The number of sulfonamides is 1. The Morgan fingerprint density at radius 3 is 2.71 bits per heavy atom. The minimum Gasteiger partial charge on any atom is -0.360 e. The first-order valence-corrected chi connectivity index (χ1v) is 8.31.